The van der Waals surface area contributed by atoms with Crippen LogP contribution in [0.5, 0.6) is 0 Å². The molecular weight excluding hydrogens is 252 g/mol. The summed E-state index contributed by atoms with van der Waals surface area (Å²) in [6.45, 7) is 12.6. The second-order valence-corrected chi connectivity index (χ2v) is 9.46. The molecular formula is C21H38. The van der Waals surface area contributed by atoms with Crippen LogP contribution in [0.3, 0.4) is 0 Å². The van der Waals surface area contributed by atoms with E-state index in [9.17, 15) is 0 Å². The second kappa shape index (κ2) is 5.89. The molecule has 0 heterocycles. The van der Waals surface area contributed by atoms with E-state index < -0.39 is 0 Å². The number of hydrogen-bond donors (Lipinski definition) is 0. The summed E-state index contributed by atoms with van der Waals surface area (Å²) < 4.78 is 0. The molecule has 0 radical (unpaired) electrons. The lowest BCUT2D eigenvalue weighted by molar-refractivity contribution is 0.129. The molecule has 0 spiro atoms. The molecule has 3 saturated carbocycles. The molecule has 0 N–H and O–H groups in total. The van der Waals surface area contributed by atoms with Gasteiger partial charge in [0.05, 0.1) is 0 Å². The Morgan fingerprint density at radius 3 is 2.14 bits per heavy atom. The maximum absolute atomic E-state index is 2.60. The minimum absolute atomic E-state index is 0.772. The van der Waals surface area contributed by atoms with Crippen LogP contribution in [0.15, 0.2) is 0 Å². The van der Waals surface area contributed by atoms with Crippen molar-refractivity contribution >= 4 is 0 Å². The zero-order chi connectivity index (χ0) is 15.2. The Kier molecular flexibility index (Phi) is 4.46. The van der Waals surface area contributed by atoms with Gasteiger partial charge in [0.25, 0.3) is 0 Å². The average molecular weight is 291 g/mol. The Labute approximate surface area is 133 Å². The third kappa shape index (κ3) is 3.67. The molecule has 3 rings (SSSR count). The molecule has 0 aromatic carbocycles. The van der Waals surface area contributed by atoms with Crippen molar-refractivity contribution in [2.24, 2.45) is 46.8 Å². The average Bonchev–Trinajstić information content (AvgIpc) is 3.32. The molecule has 0 aromatic heterocycles. The molecule has 0 bridgehead atoms. The lowest BCUT2D eigenvalue weighted by Crippen LogP contribution is -2.29. The highest BCUT2D eigenvalue weighted by Crippen LogP contribution is 2.58. The normalized spacial score (nSPS) is 35.9. The van der Waals surface area contributed by atoms with Crippen LogP contribution < -0.4 is 0 Å². The summed E-state index contributed by atoms with van der Waals surface area (Å²) in [7, 11) is 0. The van der Waals surface area contributed by atoms with Gasteiger partial charge in [-0.1, -0.05) is 41.0 Å². The van der Waals surface area contributed by atoms with E-state index in [0.717, 1.165) is 46.8 Å². The van der Waals surface area contributed by atoms with Gasteiger partial charge in [-0.15, -0.1) is 0 Å². The van der Waals surface area contributed by atoms with Crippen LogP contribution in [0.4, 0.5) is 0 Å². The van der Waals surface area contributed by atoms with E-state index in [1.54, 1.807) is 6.42 Å². The van der Waals surface area contributed by atoms with Gasteiger partial charge in [0.1, 0.15) is 0 Å². The summed E-state index contributed by atoms with van der Waals surface area (Å²) in [5, 5.41) is 0. The van der Waals surface area contributed by atoms with Gasteiger partial charge in [-0.2, -0.15) is 0 Å². The molecule has 0 saturated heterocycles. The molecule has 21 heavy (non-hydrogen) atoms. The van der Waals surface area contributed by atoms with Crippen LogP contribution in [-0.2, 0) is 0 Å². The zero-order valence-corrected chi connectivity index (χ0v) is 15.2. The van der Waals surface area contributed by atoms with E-state index in [1.165, 1.54) is 44.9 Å². The minimum atomic E-state index is 0.772. The molecule has 6 unspecified atom stereocenters. The summed E-state index contributed by atoms with van der Waals surface area (Å²) in [4.78, 5) is 0. The topological polar surface area (TPSA) is 0 Å². The maximum atomic E-state index is 2.60. The SMILES string of the molecule is CCC1(CC(C(C)C(C)CC2CC2C)C(C)C2CC2)CC1. The highest BCUT2D eigenvalue weighted by molar-refractivity contribution is 4.97. The first-order valence-electron chi connectivity index (χ1n) is 9.96. The van der Waals surface area contributed by atoms with Gasteiger partial charge < -0.3 is 0 Å². The molecule has 3 fully saturated rings. The highest BCUT2D eigenvalue weighted by Gasteiger charge is 2.47. The Hall–Kier alpha value is 0. The van der Waals surface area contributed by atoms with E-state index in [4.69, 9.17) is 0 Å². The van der Waals surface area contributed by atoms with Crippen LogP contribution in [0, 0.1) is 46.8 Å². The smallest absolute Gasteiger partial charge is 0.0297 e. The fraction of sp³-hybridized carbons (Fsp3) is 1.00. The van der Waals surface area contributed by atoms with Crippen molar-refractivity contribution in [1.29, 1.82) is 0 Å². The maximum Gasteiger partial charge on any atom is -0.0297 e. The van der Waals surface area contributed by atoms with Crippen molar-refractivity contribution < 1.29 is 0 Å². The molecule has 3 aliphatic rings. The molecule has 122 valence electrons. The summed E-state index contributed by atoms with van der Waals surface area (Å²) in [6.07, 6.45) is 12.1. The van der Waals surface area contributed by atoms with Crippen LogP contribution >= 0.6 is 0 Å². The minimum Gasteiger partial charge on any atom is -0.0649 e. The molecule has 0 amide bonds. The van der Waals surface area contributed by atoms with Gasteiger partial charge in [0, 0.05) is 0 Å². The van der Waals surface area contributed by atoms with Gasteiger partial charge in [-0.05, 0) is 91.8 Å². The predicted octanol–water partition coefficient (Wildman–Crippen LogP) is 6.55. The summed E-state index contributed by atoms with van der Waals surface area (Å²) in [6, 6.07) is 0. The van der Waals surface area contributed by atoms with Gasteiger partial charge in [0.2, 0.25) is 0 Å². The Balaban J connectivity index is 1.61. The summed E-state index contributed by atoms with van der Waals surface area (Å²) >= 11 is 0. The summed E-state index contributed by atoms with van der Waals surface area (Å²) in [5.41, 5.74) is 0.772. The first kappa shape index (κ1) is 15.9. The van der Waals surface area contributed by atoms with E-state index in [-0.39, 0.29) is 0 Å². The monoisotopic (exact) mass is 290 g/mol. The van der Waals surface area contributed by atoms with Crippen molar-refractivity contribution in [2.45, 2.75) is 86.0 Å². The fourth-order valence-electron chi connectivity index (χ4n) is 5.04. The predicted molar refractivity (Wildman–Crippen MR) is 92.2 cm³/mol. The molecule has 0 aromatic rings. The third-order valence-electron chi connectivity index (χ3n) is 7.94. The van der Waals surface area contributed by atoms with E-state index in [1.807, 2.05) is 0 Å². The van der Waals surface area contributed by atoms with Crippen LogP contribution in [0.2, 0.25) is 0 Å². The van der Waals surface area contributed by atoms with Crippen molar-refractivity contribution in [3.8, 4) is 0 Å². The number of hydrogen-bond acceptors (Lipinski definition) is 0. The largest absolute Gasteiger partial charge is 0.0649 e. The molecule has 3 aliphatic carbocycles. The van der Waals surface area contributed by atoms with Crippen molar-refractivity contribution in [3.63, 3.8) is 0 Å². The van der Waals surface area contributed by atoms with E-state index in [0.29, 0.717) is 0 Å². The first-order chi connectivity index (χ1) is 9.96. The summed E-state index contributed by atoms with van der Waals surface area (Å²) in [5.74, 6) is 7.06. The fourth-order valence-corrected chi connectivity index (χ4v) is 5.04. The lowest BCUT2D eigenvalue weighted by atomic mass is 9.69. The number of rotatable bonds is 9. The molecule has 0 heteroatoms. The highest BCUT2D eigenvalue weighted by atomic mass is 14.5. The molecule has 6 atom stereocenters. The standard InChI is InChI=1S/C21H38/c1-6-21(9-10-21)13-20(17(5)18-7-8-18)16(4)14(2)11-19-12-15(19)3/h14-20H,6-13H2,1-5H3. The molecule has 0 nitrogen and oxygen atoms in total. The van der Waals surface area contributed by atoms with E-state index >= 15 is 0 Å². The Morgan fingerprint density at radius 2 is 1.71 bits per heavy atom. The van der Waals surface area contributed by atoms with Crippen molar-refractivity contribution in [1.82, 2.24) is 0 Å². The van der Waals surface area contributed by atoms with Crippen molar-refractivity contribution in [3.05, 3.63) is 0 Å². The second-order valence-electron chi connectivity index (χ2n) is 9.46. The van der Waals surface area contributed by atoms with Crippen LogP contribution in [0.25, 0.3) is 0 Å². The first-order valence-corrected chi connectivity index (χ1v) is 9.96. The lowest BCUT2D eigenvalue weighted by Gasteiger charge is -2.36. The Morgan fingerprint density at radius 1 is 1.10 bits per heavy atom. The third-order valence-corrected chi connectivity index (χ3v) is 7.94. The van der Waals surface area contributed by atoms with E-state index in [2.05, 4.69) is 34.6 Å². The van der Waals surface area contributed by atoms with Gasteiger partial charge in [-0.25, -0.2) is 0 Å². The Bertz CT molecular complexity index is 349. The van der Waals surface area contributed by atoms with Gasteiger partial charge >= 0.3 is 0 Å². The van der Waals surface area contributed by atoms with Gasteiger partial charge in [0.15, 0.2) is 0 Å². The van der Waals surface area contributed by atoms with Gasteiger partial charge in [-0.3, -0.25) is 0 Å². The molecule has 0 aliphatic heterocycles. The zero-order valence-electron chi connectivity index (χ0n) is 15.2. The van der Waals surface area contributed by atoms with Crippen LogP contribution in [0.1, 0.15) is 86.0 Å². The quantitative estimate of drug-likeness (QED) is 0.452. The van der Waals surface area contributed by atoms with Crippen LogP contribution in [-0.4, -0.2) is 0 Å². The van der Waals surface area contributed by atoms with Crippen molar-refractivity contribution in [2.75, 3.05) is 0 Å².